The minimum Gasteiger partial charge on any atom is -0.504 e. The molecule has 0 aliphatic heterocycles. The number of nitrogens with zero attached hydrogens (tertiary/aromatic N) is 4. The van der Waals surface area contributed by atoms with Crippen LogP contribution in [-0.4, -0.2) is 47.2 Å². The fourth-order valence-electron chi connectivity index (χ4n) is 2.51. The lowest BCUT2D eigenvalue weighted by atomic mass is 10.2. The van der Waals surface area contributed by atoms with Gasteiger partial charge in [0.15, 0.2) is 5.82 Å². The molecule has 0 radical (unpaired) electrons. The second-order valence-corrected chi connectivity index (χ2v) is 6.75. The zero-order chi connectivity index (χ0) is 17.3. The van der Waals surface area contributed by atoms with Gasteiger partial charge in [0.25, 0.3) is 0 Å². The van der Waals surface area contributed by atoms with Gasteiger partial charge in [0.05, 0.1) is 23.9 Å². The van der Waals surface area contributed by atoms with Gasteiger partial charge in [-0.1, -0.05) is 11.3 Å². The summed E-state index contributed by atoms with van der Waals surface area (Å²) < 4.78 is 20.1. The molecule has 0 fully saturated rings. The summed E-state index contributed by atoms with van der Waals surface area (Å²) in [4.78, 5) is 8.58. The summed E-state index contributed by atoms with van der Waals surface area (Å²) in [6.45, 7) is 2.78. The molecule has 2 aromatic heterocycles. The molecule has 0 N–H and O–H groups in total. The summed E-state index contributed by atoms with van der Waals surface area (Å²) in [6, 6.07) is 6.21. The zero-order valence-corrected chi connectivity index (χ0v) is 14.9. The third-order valence-electron chi connectivity index (χ3n) is 3.56. The van der Waals surface area contributed by atoms with Crippen LogP contribution in [0.1, 0.15) is 10.6 Å². The van der Waals surface area contributed by atoms with Crippen LogP contribution in [-0.2, 0) is 4.74 Å². The fourth-order valence-corrected chi connectivity index (χ4v) is 3.57. The van der Waals surface area contributed by atoms with Gasteiger partial charge in [-0.15, -0.1) is 5.10 Å². The number of aryl methyl sites for hydroxylation is 1. The van der Waals surface area contributed by atoms with E-state index in [-0.39, 0.29) is 5.82 Å². The summed E-state index contributed by atoms with van der Waals surface area (Å²) in [5.41, 5.74) is 2.90. The van der Waals surface area contributed by atoms with Crippen LogP contribution >= 0.6 is 11.3 Å². The number of aromatic nitrogens is 3. The number of benzene rings is 1. The van der Waals surface area contributed by atoms with E-state index >= 15 is 0 Å². The molecule has 7 heteroatoms. The summed E-state index contributed by atoms with van der Waals surface area (Å²) in [5.74, 6) is 0.331. The molecule has 5 nitrogen and oxygen atoms in total. The molecule has 1 aromatic carbocycles. The first-order valence-electron chi connectivity index (χ1n) is 7.48. The normalized spacial score (nSPS) is 12.3. The molecule has 24 heavy (non-hydrogen) atoms. The molecular weight excluding hydrogens is 327 g/mol. The first kappa shape index (κ1) is 16.6. The summed E-state index contributed by atoms with van der Waals surface area (Å²) in [6.07, 6.45) is 1.76. The van der Waals surface area contributed by atoms with Crippen molar-refractivity contribution in [2.24, 2.45) is 0 Å². The van der Waals surface area contributed by atoms with Gasteiger partial charge < -0.3 is 9.64 Å². The van der Waals surface area contributed by atoms with E-state index in [2.05, 4.69) is 15.0 Å². The van der Waals surface area contributed by atoms with Gasteiger partial charge in [-0.25, -0.2) is 8.91 Å². The molecule has 0 saturated heterocycles. The van der Waals surface area contributed by atoms with Crippen molar-refractivity contribution in [3.63, 3.8) is 0 Å². The van der Waals surface area contributed by atoms with Gasteiger partial charge in [0.1, 0.15) is 5.82 Å². The van der Waals surface area contributed by atoms with Crippen LogP contribution in [0.15, 0.2) is 30.5 Å². The highest BCUT2D eigenvalue weighted by atomic mass is 32.1. The van der Waals surface area contributed by atoms with Crippen LogP contribution in [0.3, 0.4) is 0 Å². The monoisotopic (exact) mass is 346 g/mol. The molecule has 126 valence electrons. The molecule has 0 bridgehead atoms. The highest BCUT2D eigenvalue weighted by Crippen LogP contribution is 2.30. The van der Waals surface area contributed by atoms with E-state index in [1.807, 2.05) is 25.5 Å². The SMILES string of the molecule is CO/C=C(\CN(C)C)c1sc2nc(-c3ccc(F)cc3)nn2c1C. The molecular formula is C17H19FN4OS. The zero-order valence-electron chi connectivity index (χ0n) is 14.1. The number of methoxy groups -OCH3 is 1. The maximum absolute atomic E-state index is 13.1. The predicted octanol–water partition coefficient (Wildman–Crippen LogP) is 3.45. The Morgan fingerprint density at radius 3 is 2.62 bits per heavy atom. The van der Waals surface area contributed by atoms with Gasteiger partial charge >= 0.3 is 0 Å². The smallest absolute Gasteiger partial charge is 0.213 e. The molecule has 0 amide bonds. The van der Waals surface area contributed by atoms with Crippen LogP contribution in [0.25, 0.3) is 21.9 Å². The first-order valence-corrected chi connectivity index (χ1v) is 8.30. The minimum atomic E-state index is -0.267. The summed E-state index contributed by atoms with van der Waals surface area (Å²) in [7, 11) is 5.68. The van der Waals surface area contributed by atoms with Crippen LogP contribution in [0.4, 0.5) is 4.39 Å². The number of thiazole rings is 1. The lowest BCUT2D eigenvalue weighted by Gasteiger charge is -2.12. The largest absolute Gasteiger partial charge is 0.504 e. The van der Waals surface area contributed by atoms with E-state index in [1.54, 1.807) is 36.8 Å². The average Bonchev–Trinajstić information content (AvgIpc) is 3.07. The van der Waals surface area contributed by atoms with Crippen molar-refractivity contribution in [1.82, 2.24) is 19.5 Å². The molecule has 0 aliphatic carbocycles. The molecule has 0 unspecified atom stereocenters. The third kappa shape index (κ3) is 3.18. The number of rotatable bonds is 5. The molecule has 0 saturated carbocycles. The molecule has 0 aliphatic rings. The average molecular weight is 346 g/mol. The Morgan fingerprint density at radius 1 is 1.33 bits per heavy atom. The molecule has 3 aromatic rings. The van der Waals surface area contributed by atoms with Crippen molar-refractivity contribution in [2.45, 2.75) is 6.92 Å². The number of hydrogen-bond acceptors (Lipinski definition) is 5. The van der Waals surface area contributed by atoms with E-state index in [9.17, 15) is 4.39 Å². The highest BCUT2D eigenvalue weighted by Gasteiger charge is 2.17. The van der Waals surface area contributed by atoms with Crippen LogP contribution in [0, 0.1) is 12.7 Å². The lowest BCUT2D eigenvalue weighted by molar-refractivity contribution is 0.336. The van der Waals surface area contributed by atoms with Crippen molar-refractivity contribution >= 4 is 21.9 Å². The Labute approximate surface area is 144 Å². The molecule has 0 atom stereocenters. The number of likely N-dealkylation sites (N-methyl/N-ethyl adjacent to an activating group) is 1. The highest BCUT2D eigenvalue weighted by molar-refractivity contribution is 7.18. The minimum absolute atomic E-state index is 0.267. The first-order chi connectivity index (χ1) is 11.5. The summed E-state index contributed by atoms with van der Waals surface area (Å²) in [5, 5.41) is 4.57. The van der Waals surface area contributed by atoms with E-state index in [4.69, 9.17) is 4.74 Å². The second kappa shape index (κ2) is 6.70. The number of fused-ring (bicyclic) bond motifs is 1. The molecule has 2 heterocycles. The van der Waals surface area contributed by atoms with Gasteiger partial charge in [-0.05, 0) is 45.3 Å². The van der Waals surface area contributed by atoms with Gasteiger partial charge in [-0.2, -0.15) is 4.98 Å². The standard InChI is InChI=1S/C17H19FN4OS/c1-11-15(13(10-23-4)9-21(2)3)24-17-19-16(20-22(11)17)12-5-7-14(18)8-6-12/h5-8,10H,9H2,1-4H3/b13-10+. The Kier molecular flexibility index (Phi) is 4.64. The van der Waals surface area contributed by atoms with E-state index < -0.39 is 0 Å². The Morgan fingerprint density at radius 2 is 2.04 bits per heavy atom. The predicted molar refractivity (Wildman–Crippen MR) is 94.5 cm³/mol. The number of ether oxygens (including phenoxy) is 1. The topological polar surface area (TPSA) is 42.7 Å². The van der Waals surface area contributed by atoms with Crippen molar-refractivity contribution in [3.8, 4) is 11.4 Å². The van der Waals surface area contributed by atoms with E-state index in [0.29, 0.717) is 5.82 Å². The van der Waals surface area contributed by atoms with Crippen molar-refractivity contribution < 1.29 is 9.13 Å². The van der Waals surface area contributed by atoms with Crippen LogP contribution < -0.4 is 0 Å². The Balaban J connectivity index is 2.02. The third-order valence-corrected chi connectivity index (χ3v) is 4.77. The van der Waals surface area contributed by atoms with E-state index in [0.717, 1.165) is 33.2 Å². The summed E-state index contributed by atoms with van der Waals surface area (Å²) >= 11 is 1.57. The Bertz CT molecular complexity index is 880. The van der Waals surface area contributed by atoms with Crippen LogP contribution in [0.5, 0.6) is 0 Å². The van der Waals surface area contributed by atoms with E-state index in [1.165, 1.54) is 12.1 Å². The molecule has 3 rings (SSSR count). The van der Waals surface area contributed by atoms with Crippen molar-refractivity contribution in [1.29, 1.82) is 0 Å². The van der Waals surface area contributed by atoms with Gasteiger partial charge in [0.2, 0.25) is 4.96 Å². The maximum atomic E-state index is 13.1. The van der Waals surface area contributed by atoms with Crippen molar-refractivity contribution in [3.05, 3.63) is 46.9 Å². The quantitative estimate of drug-likeness (QED) is 0.664. The second-order valence-electron chi connectivity index (χ2n) is 5.77. The Hall–Kier alpha value is -2.25. The van der Waals surface area contributed by atoms with Gasteiger partial charge in [0, 0.05) is 17.7 Å². The van der Waals surface area contributed by atoms with Crippen molar-refractivity contribution in [2.75, 3.05) is 27.7 Å². The van der Waals surface area contributed by atoms with Gasteiger partial charge in [-0.3, -0.25) is 0 Å². The fraction of sp³-hybridized carbons (Fsp3) is 0.294. The molecule has 0 spiro atoms. The van der Waals surface area contributed by atoms with Crippen LogP contribution in [0.2, 0.25) is 0 Å². The maximum Gasteiger partial charge on any atom is 0.213 e. The number of halogens is 1. The number of hydrogen-bond donors (Lipinski definition) is 0. The lowest BCUT2D eigenvalue weighted by Crippen LogP contribution is -2.14.